The summed E-state index contributed by atoms with van der Waals surface area (Å²) in [6.45, 7) is -0.377. The number of carbonyl (C=O) groups is 2. The van der Waals surface area contributed by atoms with Gasteiger partial charge in [0.05, 0.1) is 28.9 Å². The van der Waals surface area contributed by atoms with Gasteiger partial charge in [-0.3, -0.25) is 9.69 Å². The van der Waals surface area contributed by atoms with E-state index in [0.717, 1.165) is 16.1 Å². The van der Waals surface area contributed by atoms with Crippen molar-refractivity contribution in [1.29, 1.82) is 5.26 Å². The Morgan fingerprint density at radius 1 is 1.03 bits per heavy atom. The van der Waals surface area contributed by atoms with Crippen LogP contribution in [0.4, 0.5) is 5.69 Å². The minimum Gasteiger partial charge on any atom is -0.452 e. The number of esters is 1. The molecule has 0 aliphatic carbocycles. The standard InChI is InChI=1S/C24H18N2O3S/c25-14-17-7-6-10-19(13-17)24(28)29-15-23(27)26-20-11-4-5-12-22(20)30-16-21(26)18-8-2-1-3-9-18/h1-13,21H,15-16H2/t21-/m1/s1. The average Bonchev–Trinajstić information content (AvgIpc) is 2.82. The lowest BCUT2D eigenvalue weighted by Gasteiger charge is -2.37. The third kappa shape index (κ3) is 4.07. The zero-order chi connectivity index (χ0) is 20.9. The van der Waals surface area contributed by atoms with Crippen molar-refractivity contribution in [2.45, 2.75) is 10.9 Å². The van der Waals surface area contributed by atoms with Crippen LogP contribution in [-0.2, 0) is 9.53 Å². The molecule has 30 heavy (non-hydrogen) atoms. The maximum absolute atomic E-state index is 13.2. The number of fused-ring (bicyclic) bond motifs is 1. The van der Waals surface area contributed by atoms with Crippen molar-refractivity contribution in [2.24, 2.45) is 0 Å². The van der Waals surface area contributed by atoms with Crippen LogP contribution in [0.3, 0.4) is 0 Å². The largest absolute Gasteiger partial charge is 0.452 e. The predicted molar refractivity (Wildman–Crippen MR) is 115 cm³/mol. The van der Waals surface area contributed by atoms with Gasteiger partial charge < -0.3 is 4.74 Å². The topological polar surface area (TPSA) is 70.4 Å². The van der Waals surface area contributed by atoms with Gasteiger partial charge in [0.15, 0.2) is 6.61 Å². The molecule has 1 aliphatic rings. The Kier molecular flexibility index (Phi) is 5.82. The molecule has 1 aliphatic heterocycles. The van der Waals surface area contributed by atoms with Crippen molar-refractivity contribution in [3.8, 4) is 6.07 Å². The van der Waals surface area contributed by atoms with E-state index in [4.69, 9.17) is 10.00 Å². The summed E-state index contributed by atoms with van der Waals surface area (Å²) >= 11 is 1.71. The summed E-state index contributed by atoms with van der Waals surface area (Å²) in [6.07, 6.45) is 0. The van der Waals surface area contributed by atoms with Gasteiger partial charge in [0.25, 0.3) is 5.91 Å². The molecule has 0 fully saturated rings. The van der Waals surface area contributed by atoms with E-state index >= 15 is 0 Å². The summed E-state index contributed by atoms with van der Waals surface area (Å²) in [5, 5.41) is 9.00. The van der Waals surface area contributed by atoms with Crippen molar-refractivity contribution >= 4 is 29.3 Å². The Hall–Kier alpha value is -3.56. The van der Waals surface area contributed by atoms with E-state index < -0.39 is 5.97 Å². The highest BCUT2D eigenvalue weighted by Gasteiger charge is 2.32. The number of nitriles is 1. The van der Waals surface area contributed by atoms with E-state index in [9.17, 15) is 9.59 Å². The molecule has 0 unspecified atom stereocenters. The zero-order valence-electron chi connectivity index (χ0n) is 16.0. The normalized spacial score (nSPS) is 15.0. The maximum atomic E-state index is 13.2. The van der Waals surface area contributed by atoms with Crippen LogP contribution in [0.2, 0.25) is 0 Å². The Labute approximate surface area is 178 Å². The third-order valence-electron chi connectivity index (χ3n) is 4.84. The molecule has 0 aromatic heterocycles. The quantitative estimate of drug-likeness (QED) is 0.584. The number of hydrogen-bond acceptors (Lipinski definition) is 5. The van der Waals surface area contributed by atoms with E-state index in [-0.39, 0.29) is 24.1 Å². The molecule has 1 heterocycles. The van der Waals surface area contributed by atoms with Crippen molar-refractivity contribution in [3.63, 3.8) is 0 Å². The maximum Gasteiger partial charge on any atom is 0.338 e. The first kappa shape index (κ1) is 19.7. The van der Waals surface area contributed by atoms with Crippen LogP contribution < -0.4 is 4.90 Å². The lowest BCUT2D eigenvalue weighted by Crippen LogP contribution is -2.41. The van der Waals surface area contributed by atoms with Crippen LogP contribution >= 0.6 is 11.8 Å². The van der Waals surface area contributed by atoms with Crippen LogP contribution in [0.15, 0.2) is 83.8 Å². The molecule has 0 N–H and O–H groups in total. The minimum atomic E-state index is -0.628. The van der Waals surface area contributed by atoms with Crippen LogP contribution in [0, 0.1) is 11.3 Å². The molecular formula is C24H18N2O3S. The average molecular weight is 414 g/mol. The molecule has 0 spiro atoms. The van der Waals surface area contributed by atoms with E-state index in [1.807, 2.05) is 60.7 Å². The number of amides is 1. The van der Waals surface area contributed by atoms with Gasteiger partial charge in [-0.05, 0) is 35.9 Å². The molecule has 0 saturated heterocycles. The lowest BCUT2D eigenvalue weighted by molar-refractivity contribution is -0.122. The van der Waals surface area contributed by atoms with Gasteiger partial charge in [-0.1, -0.05) is 48.5 Å². The Morgan fingerprint density at radius 2 is 1.80 bits per heavy atom. The molecule has 3 aromatic rings. The van der Waals surface area contributed by atoms with Crippen LogP contribution in [0.5, 0.6) is 0 Å². The summed E-state index contributed by atoms with van der Waals surface area (Å²) in [7, 11) is 0. The number of para-hydroxylation sites is 1. The van der Waals surface area contributed by atoms with Crippen LogP contribution in [0.1, 0.15) is 27.5 Å². The number of benzene rings is 3. The fourth-order valence-electron chi connectivity index (χ4n) is 3.41. The molecule has 0 radical (unpaired) electrons. The highest BCUT2D eigenvalue weighted by atomic mass is 32.2. The molecule has 0 bridgehead atoms. The van der Waals surface area contributed by atoms with E-state index in [2.05, 4.69) is 0 Å². The fourth-order valence-corrected chi connectivity index (χ4v) is 4.58. The molecule has 148 valence electrons. The number of thioether (sulfide) groups is 1. The summed E-state index contributed by atoms with van der Waals surface area (Å²) in [4.78, 5) is 28.3. The Balaban J connectivity index is 1.56. The van der Waals surface area contributed by atoms with Crippen molar-refractivity contribution in [2.75, 3.05) is 17.3 Å². The third-order valence-corrected chi connectivity index (χ3v) is 5.98. The lowest BCUT2D eigenvalue weighted by atomic mass is 10.1. The predicted octanol–water partition coefficient (Wildman–Crippen LogP) is 4.60. The number of rotatable bonds is 4. The minimum absolute atomic E-state index is 0.154. The fraction of sp³-hybridized carbons (Fsp3) is 0.125. The summed E-state index contributed by atoms with van der Waals surface area (Å²) in [5.74, 6) is -0.206. The van der Waals surface area contributed by atoms with Crippen LogP contribution in [0.25, 0.3) is 0 Å². The second-order valence-corrected chi connectivity index (χ2v) is 7.80. The van der Waals surface area contributed by atoms with Gasteiger partial charge in [0.2, 0.25) is 0 Å². The number of carbonyl (C=O) groups excluding carboxylic acids is 2. The van der Waals surface area contributed by atoms with Gasteiger partial charge >= 0.3 is 5.97 Å². The summed E-state index contributed by atoms with van der Waals surface area (Å²) < 4.78 is 5.30. The zero-order valence-corrected chi connectivity index (χ0v) is 16.8. The van der Waals surface area contributed by atoms with Crippen molar-refractivity contribution in [1.82, 2.24) is 0 Å². The van der Waals surface area contributed by atoms with Gasteiger partial charge in [-0.15, -0.1) is 11.8 Å². The molecular weight excluding hydrogens is 396 g/mol. The molecule has 5 nitrogen and oxygen atoms in total. The molecule has 6 heteroatoms. The number of nitrogens with zero attached hydrogens (tertiary/aromatic N) is 2. The number of ether oxygens (including phenoxy) is 1. The Morgan fingerprint density at radius 3 is 2.60 bits per heavy atom. The number of anilines is 1. The van der Waals surface area contributed by atoms with Crippen molar-refractivity contribution < 1.29 is 14.3 Å². The monoisotopic (exact) mass is 414 g/mol. The SMILES string of the molecule is N#Cc1cccc(C(=O)OCC(=O)N2c3ccccc3SC[C@@H]2c2ccccc2)c1. The molecule has 1 atom stereocenters. The van der Waals surface area contributed by atoms with Crippen molar-refractivity contribution in [3.05, 3.63) is 95.6 Å². The first-order valence-electron chi connectivity index (χ1n) is 9.43. The van der Waals surface area contributed by atoms with Gasteiger partial charge in [-0.2, -0.15) is 5.26 Å². The highest BCUT2D eigenvalue weighted by Crippen LogP contribution is 2.43. The molecule has 4 rings (SSSR count). The van der Waals surface area contributed by atoms with Crippen LogP contribution in [-0.4, -0.2) is 24.2 Å². The second-order valence-electron chi connectivity index (χ2n) is 6.74. The van der Waals surface area contributed by atoms with E-state index in [1.54, 1.807) is 34.9 Å². The molecule has 1 amide bonds. The number of hydrogen-bond donors (Lipinski definition) is 0. The van der Waals surface area contributed by atoms with Gasteiger partial charge in [0, 0.05) is 10.6 Å². The first-order chi connectivity index (χ1) is 14.7. The second kappa shape index (κ2) is 8.85. The summed E-state index contributed by atoms with van der Waals surface area (Å²) in [5.41, 5.74) is 2.45. The van der Waals surface area contributed by atoms with Gasteiger partial charge in [-0.25, -0.2) is 4.79 Å². The Bertz CT molecular complexity index is 1120. The highest BCUT2D eigenvalue weighted by molar-refractivity contribution is 7.99. The van der Waals surface area contributed by atoms with Gasteiger partial charge in [0.1, 0.15) is 0 Å². The molecule has 0 saturated carbocycles. The first-order valence-corrected chi connectivity index (χ1v) is 10.4. The smallest absolute Gasteiger partial charge is 0.338 e. The summed E-state index contributed by atoms with van der Waals surface area (Å²) in [6, 6.07) is 25.6. The van der Waals surface area contributed by atoms with E-state index in [1.165, 1.54) is 6.07 Å². The van der Waals surface area contributed by atoms with E-state index in [0.29, 0.717) is 11.3 Å². The molecule has 3 aromatic carbocycles.